The Hall–Kier alpha value is -2.35. The highest BCUT2D eigenvalue weighted by molar-refractivity contribution is 5.66. The quantitative estimate of drug-likeness (QED) is 0.0270. The first kappa shape index (κ1) is 59.0. The number of allylic oxidation sites excluding steroid dienone is 2. The summed E-state index contributed by atoms with van der Waals surface area (Å²) in [5, 5.41) is 0. The summed E-state index contributed by atoms with van der Waals surface area (Å²) in [5.41, 5.74) is 0. The molecular weight excluding hydrogens is 715 g/mol. The van der Waals surface area contributed by atoms with Crippen molar-refractivity contribution < 1.29 is 33.3 Å². The average Bonchev–Trinajstić information content (AvgIpc) is 3.16. The summed E-state index contributed by atoms with van der Waals surface area (Å²) in [6, 6.07) is 0. The van der Waals surface area contributed by atoms with Crippen LogP contribution < -0.4 is 0 Å². The van der Waals surface area contributed by atoms with Crippen LogP contribution in [0.3, 0.4) is 0 Å². The van der Waals surface area contributed by atoms with Gasteiger partial charge in [-0.3, -0.25) is 9.59 Å². The van der Waals surface area contributed by atoms with Crippen LogP contribution in [0.15, 0.2) is 24.3 Å². The highest BCUT2D eigenvalue weighted by Crippen LogP contribution is 2.17. The standard InChI is InChI=1S/C21H43NO3.2C14H26O2/c1-5-7-9-11-13-16-20(17-14-12-10-8-6-2)25-21(23)24-19-15-18-22(3)4;2*1-4-6-8-10-12-14(16-13(3)15)11-9-7-5-2/h20H,5-19H2,1-4H3;2*7,9,14H,4-6,8,10-12H2,1-3H3/b;2*9-7-/t;2*14-/m.00/s1. The maximum atomic E-state index is 11.9. The van der Waals surface area contributed by atoms with Crippen LogP contribution in [0, 0.1) is 0 Å². The first-order chi connectivity index (χ1) is 27.5. The normalized spacial score (nSPS) is 12.2. The molecule has 2 atom stereocenters. The van der Waals surface area contributed by atoms with Crippen molar-refractivity contribution in [2.24, 2.45) is 0 Å². The molecule has 0 N–H and O–H groups in total. The Morgan fingerprint density at radius 2 is 0.807 bits per heavy atom. The maximum absolute atomic E-state index is 11.9. The van der Waals surface area contributed by atoms with Crippen LogP contribution in [0.4, 0.5) is 4.79 Å². The maximum Gasteiger partial charge on any atom is 0.508 e. The SMILES string of the molecule is CC/C=C\C[C@@H](CCCCCC)OC(C)=O.CC/C=C\C[C@@H](CCCCCC)OC(C)=O.CCCCCCCC(CCCCCCC)OC(=O)OCCCN(C)C. The van der Waals surface area contributed by atoms with Crippen molar-refractivity contribution >= 4 is 18.1 Å². The second-order valence-electron chi connectivity index (χ2n) is 15.8. The molecule has 0 unspecified atom stereocenters. The molecule has 0 aliphatic heterocycles. The van der Waals surface area contributed by atoms with Crippen LogP contribution in [-0.2, 0) is 28.5 Å². The molecule has 8 nitrogen and oxygen atoms in total. The van der Waals surface area contributed by atoms with E-state index >= 15 is 0 Å². The first-order valence-electron chi connectivity index (χ1n) is 23.6. The number of carbonyl (C=O) groups excluding carboxylic acids is 3. The lowest BCUT2D eigenvalue weighted by Gasteiger charge is -2.18. The van der Waals surface area contributed by atoms with Crippen LogP contribution >= 0.6 is 0 Å². The van der Waals surface area contributed by atoms with E-state index < -0.39 is 6.16 Å². The molecule has 0 fully saturated rings. The minimum atomic E-state index is -0.481. The van der Waals surface area contributed by atoms with Crippen molar-refractivity contribution in [1.29, 1.82) is 0 Å². The van der Waals surface area contributed by atoms with E-state index in [2.05, 4.69) is 70.7 Å². The van der Waals surface area contributed by atoms with Gasteiger partial charge in [-0.05, 0) is 84.7 Å². The van der Waals surface area contributed by atoms with E-state index in [4.69, 9.17) is 18.9 Å². The summed E-state index contributed by atoms with van der Waals surface area (Å²) < 4.78 is 21.4. The predicted octanol–water partition coefficient (Wildman–Crippen LogP) is 14.7. The minimum absolute atomic E-state index is 0.0320. The van der Waals surface area contributed by atoms with Gasteiger partial charge in [-0.2, -0.15) is 0 Å². The van der Waals surface area contributed by atoms with Crippen LogP contribution in [0.2, 0.25) is 0 Å². The molecule has 0 radical (unpaired) electrons. The smallest absolute Gasteiger partial charge is 0.462 e. The fourth-order valence-electron chi connectivity index (χ4n) is 6.27. The number of esters is 2. The zero-order chi connectivity index (χ0) is 43.2. The van der Waals surface area contributed by atoms with E-state index in [1.807, 2.05) is 14.1 Å². The molecule has 0 spiro atoms. The summed E-state index contributed by atoms with van der Waals surface area (Å²) in [4.78, 5) is 35.9. The molecule has 0 bridgehead atoms. The number of carbonyl (C=O) groups is 3. The molecule has 0 heterocycles. The van der Waals surface area contributed by atoms with Crippen LogP contribution in [0.1, 0.15) is 229 Å². The van der Waals surface area contributed by atoms with Gasteiger partial charge in [0.05, 0.1) is 6.61 Å². The molecule has 0 aromatic carbocycles. The van der Waals surface area contributed by atoms with Crippen molar-refractivity contribution in [3.05, 3.63) is 24.3 Å². The molecular formula is C49H95NO7. The third-order valence-corrected chi connectivity index (χ3v) is 9.52. The largest absolute Gasteiger partial charge is 0.508 e. The Kier molecular flexibility index (Phi) is 49.7. The van der Waals surface area contributed by atoms with E-state index in [0.717, 1.165) is 90.0 Å². The number of unbranched alkanes of at least 4 members (excludes halogenated alkanes) is 14. The highest BCUT2D eigenvalue weighted by Gasteiger charge is 2.15. The van der Waals surface area contributed by atoms with Gasteiger partial charge in [0.15, 0.2) is 0 Å². The van der Waals surface area contributed by atoms with Gasteiger partial charge in [-0.25, -0.2) is 4.79 Å². The van der Waals surface area contributed by atoms with Gasteiger partial charge in [0, 0.05) is 33.2 Å². The van der Waals surface area contributed by atoms with Gasteiger partial charge in [-0.15, -0.1) is 0 Å². The first-order valence-corrected chi connectivity index (χ1v) is 23.6. The lowest BCUT2D eigenvalue weighted by molar-refractivity contribution is -0.147. The van der Waals surface area contributed by atoms with Crippen molar-refractivity contribution in [2.45, 2.75) is 247 Å². The van der Waals surface area contributed by atoms with Crippen molar-refractivity contribution in [3.8, 4) is 0 Å². The molecule has 338 valence electrons. The third kappa shape index (κ3) is 51.6. The fourth-order valence-corrected chi connectivity index (χ4v) is 6.27. The van der Waals surface area contributed by atoms with Crippen molar-refractivity contribution in [1.82, 2.24) is 4.90 Å². The third-order valence-electron chi connectivity index (χ3n) is 9.52. The van der Waals surface area contributed by atoms with E-state index in [0.29, 0.717) is 6.61 Å². The van der Waals surface area contributed by atoms with E-state index in [1.165, 1.54) is 104 Å². The Labute approximate surface area is 354 Å². The van der Waals surface area contributed by atoms with E-state index in [9.17, 15) is 14.4 Å². The summed E-state index contributed by atoms with van der Waals surface area (Å²) in [6.07, 6.45) is 39.1. The predicted molar refractivity (Wildman–Crippen MR) is 243 cm³/mol. The van der Waals surface area contributed by atoms with Crippen LogP contribution in [-0.4, -0.2) is 68.6 Å². The summed E-state index contributed by atoms with van der Waals surface area (Å²) in [6.45, 7) is 17.4. The molecule has 8 heteroatoms. The molecule has 0 aromatic rings. The molecule has 57 heavy (non-hydrogen) atoms. The number of hydrogen-bond donors (Lipinski definition) is 0. The van der Waals surface area contributed by atoms with Gasteiger partial charge in [-0.1, -0.05) is 156 Å². The summed E-state index contributed by atoms with van der Waals surface area (Å²) >= 11 is 0. The van der Waals surface area contributed by atoms with Gasteiger partial charge in [0.25, 0.3) is 0 Å². The van der Waals surface area contributed by atoms with Crippen molar-refractivity contribution in [3.63, 3.8) is 0 Å². The number of nitrogens with zero attached hydrogens (tertiary/aromatic N) is 1. The average molecular weight is 810 g/mol. The van der Waals surface area contributed by atoms with Gasteiger partial charge >= 0.3 is 18.1 Å². The Morgan fingerprint density at radius 1 is 0.456 bits per heavy atom. The van der Waals surface area contributed by atoms with Gasteiger partial charge in [0.1, 0.15) is 18.3 Å². The second kappa shape index (κ2) is 48.0. The Balaban J connectivity index is -0.000000800. The van der Waals surface area contributed by atoms with E-state index in [1.54, 1.807) is 0 Å². The van der Waals surface area contributed by atoms with Gasteiger partial charge in [0.2, 0.25) is 0 Å². The molecule has 0 aliphatic rings. The topological polar surface area (TPSA) is 91.4 Å². The molecule has 0 saturated carbocycles. The second-order valence-corrected chi connectivity index (χ2v) is 15.8. The molecule has 0 saturated heterocycles. The molecule has 0 amide bonds. The number of ether oxygens (including phenoxy) is 4. The van der Waals surface area contributed by atoms with Gasteiger partial charge < -0.3 is 23.8 Å². The zero-order valence-corrected chi connectivity index (χ0v) is 39.4. The lowest BCUT2D eigenvalue weighted by Crippen LogP contribution is -2.21. The molecule has 0 rings (SSSR count). The Morgan fingerprint density at radius 3 is 1.14 bits per heavy atom. The number of rotatable bonds is 35. The summed E-state index contributed by atoms with van der Waals surface area (Å²) in [7, 11) is 4.04. The Bertz CT molecular complexity index is 861. The van der Waals surface area contributed by atoms with Crippen LogP contribution in [0.25, 0.3) is 0 Å². The zero-order valence-electron chi connectivity index (χ0n) is 39.4. The molecule has 0 aliphatic carbocycles. The van der Waals surface area contributed by atoms with Crippen molar-refractivity contribution in [2.75, 3.05) is 27.2 Å². The highest BCUT2D eigenvalue weighted by atomic mass is 16.7. The summed E-state index contributed by atoms with van der Waals surface area (Å²) in [5.74, 6) is -0.323. The monoisotopic (exact) mass is 810 g/mol. The molecule has 0 aromatic heterocycles. The minimum Gasteiger partial charge on any atom is -0.462 e. The number of hydrogen-bond acceptors (Lipinski definition) is 8. The fraction of sp³-hybridized carbons (Fsp3) is 0.857. The van der Waals surface area contributed by atoms with E-state index in [-0.39, 0.29) is 30.3 Å². The lowest BCUT2D eigenvalue weighted by atomic mass is 10.0. The van der Waals surface area contributed by atoms with Crippen LogP contribution in [0.5, 0.6) is 0 Å².